The first-order valence-electron chi connectivity index (χ1n) is 20.8. The minimum Gasteiger partial charge on any atom is -0.309 e. The SMILES string of the molecule is N#Cc1ccc2c(c1)c1cc(-c3ccc(-c4ccc5c(-c6ccc7ccccc7c6)c6ccccc6c(-c6ccc7ccccc7c6)c5c4)cc3)ccc1n2-c1ccccc1. The van der Waals surface area contributed by atoms with Gasteiger partial charge in [0.2, 0.25) is 0 Å². The first-order valence-corrected chi connectivity index (χ1v) is 20.8. The Balaban J connectivity index is 1.02. The Hall–Kier alpha value is -8.25. The van der Waals surface area contributed by atoms with Gasteiger partial charge in [-0.3, -0.25) is 0 Å². The zero-order valence-corrected chi connectivity index (χ0v) is 33.2. The molecule has 12 aromatic rings. The van der Waals surface area contributed by atoms with Gasteiger partial charge in [0.15, 0.2) is 0 Å². The van der Waals surface area contributed by atoms with Gasteiger partial charge in [0.25, 0.3) is 0 Å². The van der Waals surface area contributed by atoms with E-state index in [1.54, 1.807) is 0 Å². The molecule has 0 unspecified atom stereocenters. The number of fused-ring (bicyclic) bond motifs is 7. The van der Waals surface area contributed by atoms with Crippen molar-refractivity contribution in [1.29, 1.82) is 5.26 Å². The molecule has 0 radical (unpaired) electrons. The van der Waals surface area contributed by atoms with Gasteiger partial charge in [-0.25, -0.2) is 0 Å². The molecule has 282 valence electrons. The number of nitrogens with zero attached hydrogens (tertiary/aromatic N) is 2. The maximum absolute atomic E-state index is 9.81. The van der Waals surface area contributed by atoms with Crippen molar-refractivity contribution < 1.29 is 0 Å². The van der Waals surface area contributed by atoms with Crippen molar-refractivity contribution in [1.82, 2.24) is 4.57 Å². The van der Waals surface area contributed by atoms with Crippen LogP contribution in [-0.4, -0.2) is 4.57 Å². The van der Waals surface area contributed by atoms with Crippen molar-refractivity contribution in [2.75, 3.05) is 0 Å². The summed E-state index contributed by atoms with van der Waals surface area (Å²) in [5.74, 6) is 0. The Morgan fingerprint density at radius 2 is 0.738 bits per heavy atom. The zero-order valence-electron chi connectivity index (χ0n) is 33.2. The van der Waals surface area contributed by atoms with Crippen LogP contribution in [0.5, 0.6) is 0 Å². The highest BCUT2D eigenvalue weighted by atomic mass is 15.0. The molecule has 0 aliphatic carbocycles. The lowest BCUT2D eigenvalue weighted by Gasteiger charge is -2.19. The highest BCUT2D eigenvalue weighted by Gasteiger charge is 2.19. The summed E-state index contributed by atoms with van der Waals surface area (Å²) in [6.07, 6.45) is 0. The fourth-order valence-electron chi connectivity index (χ4n) is 9.65. The maximum atomic E-state index is 9.81. The molecule has 0 saturated heterocycles. The third-order valence-electron chi connectivity index (χ3n) is 12.6. The number of hydrogen-bond donors (Lipinski definition) is 0. The van der Waals surface area contributed by atoms with Gasteiger partial charge in [0, 0.05) is 16.5 Å². The smallest absolute Gasteiger partial charge is 0.0991 e. The van der Waals surface area contributed by atoms with E-state index < -0.39 is 0 Å². The third-order valence-corrected chi connectivity index (χ3v) is 12.6. The fourth-order valence-corrected chi connectivity index (χ4v) is 9.65. The predicted molar refractivity (Wildman–Crippen MR) is 257 cm³/mol. The average Bonchev–Trinajstić information content (AvgIpc) is 3.66. The van der Waals surface area contributed by atoms with Crippen LogP contribution in [0.2, 0.25) is 0 Å². The first kappa shape index (κ1) is 34.8. The van der Waals surface area contributed by atoms with Crippen LogP contribution in [0.3, 0.4) is 0 Å². The monoisotopic (exact) mass is 772 g/mol. The summed E-state index contributed by atoms with van der Waals surface area (Å²) in [7, 11) is 0. The number of benzene rings is 11. The lowest BCUT2D eigenvalue weighted by molar-refractivity contribution is 1.18. The normalized spacial score (nSPS) is 11.6. The zero-order chi connectivity index (χ0) is 40.4. The molecule has 0 atom stereocenters. The molecule has 61 heavy (non-hydrogen) atoms. The second kappa shape index (κ2) is 13.9. The van der Waals surface area contributed by atoms with Crippen molar-refractivity contribution in [3.63, 3.8) is 0 Å². The second-order valence-corrected chi connectivity index (χ2v) is 16.0. The Morgan fingerprint density at radius 3 is 1.34 bits per heavy atom. The van der Waals surface area contributed by atoms with E-state index in [1.807, 2.05) is 18.2 Å². The molecule has 0 bridgehead atoms. The Morgan fingerprint density at radius 1 is 0.295 bits per heavy atom. The number of nitriles is 1. The van der Waals surface area contributed by atoms with E-state index in [0.29, 0.717) is 5.56 Å². The van der Waals surface area contributed by atoms with E-state index >= 15 is 0 Å². The molecule has 11 aromatic carbocycles. The van der Waals surface area contributed by atoms with Crippen molar-refractivity contribution >= 4 is 64.9 Å². The molecule has 12 rings (SSSR count). The van der Waals surface area contributed by atoms with Crippen LogP contribution in [0.25, 0.3) is 115 Å². The van der Waals surface area contributed by atoms with Gasteiger partial charge in [-0.05, 0) is 148 Å². The lowest BCUT2D eigenvalue weighted by atomic mass is 9.84. The molecule has 0 fully saturated rings. The Bertz CT molecular complexity index is 3750. The minimum absolute atomic E-state index is 0.658. The summed E-state index contributed by atoms with van der Waals surface area (Å²) in [6, 6.07) is 81.4. The number of rotatable bonds is 5. The topological polar surface area (TPSA) is 28.7 Å². The molecule has 0 aliphatic rings. The van der Waals surface area contributed by atoms with Gasteiger partial charge in [0.1, 0.15) is 0 Å². The fraction of sp³-hybridized carbons (Fsp3) is 0. The molecule has 2 heteroatoms. The van der Waals surface area contributed by atoms with Crippen LogP contribution >= 0.6 is 0 Å². The van der Waals surface area contributed by atoms with Crippen molar-refractivity contribution in [2.45, 2.75) is 0 Å². The van der Waals surface area contributed by atoms with Crippen LogP contribution in [0.1, 0.15) is 5.56 Å². The highest BCUT2D eigenvalue weighted by Crippen LogP contribution is 2.46. The Kier molecular flexibility index (Phi) is 7.95. The quantitative estimate of drug-likeness (QED) is 0.160. The molecule has 2 nitrogen and oxygen atoms in total. The van der Waals surface area contributed by atoms with Gasteiger partial charge in [0.05, 0.1) is 22.7 Å². The molecule has 0 amide bonds. The predicted octanol–water partition coefficient (Wildman–Crippen LogP) is 15.9. The van der Waals surface area contributed by atoms with Gasteiger partial charge in [-0.15, -0.1) is 0 Å². The summed E-state index contributed by atoms with van der Waals surface area (Å²) in [5.41, 5.74) is 13.5. The van der Waals surface area contributed by atoms with E-state index in [4.69, 9.17) is 0 Å². The molecule has 1 aromatic heterocycles. The molecular formula is C59H36N2. The standard InChI is InChI=1S/C59H36N2/c60-37-38-18-30-56-53(32-38)54-35-46(28-31-57(54)61(56)49-14-2-1-3-15-49)42-21-19-41(20-22-42)45-27-29-52-55(36-45)59(48-26-24-40-11-5-7-13-44(40)34-48)51-17-9-8-16-50(51)58(52)47-25-23-39-10-4-6-12-43(39)33-47/h1-36H. The van der Waals surface area contributed by atoms with Gasteiger partial charge >= 0.3 is 0 Å². The van der Waals surface area contributed by atoms with Crippen LogP contribution in [-0.2, 0) is 0 Å². The first-order chi connectivity index (χ1) is 30.2. The van der Waals surface area contributed by atoms with Crippen LogP contribution < -0.4 is 0 Å². The molecule has 1 heterocycles. The molecule has 0 aliphatic heterocycles. The van der Waals surface area contributed by atoms with Crippen LogP contribution in [0.15, 0.2) is 218 Å². The number of hydrogen-bond acceptors (Lipinski definition) is 1. The Labute approximate surface area is 353 Å². The van der Waals surface area contributed by atoms with E-state index in [9.17, 15) is 5.26 Å². The highest BCUT2D eigenvalue weighted by molar-refractivity contribution is 6.22. The molecular weight excluding hydrogens is 737 g/mol. The minimum atomic E-state index is 0.658. The summed E-state index contributed by atoms with van der Waals surface area (Å²) >= 11 is 0. The maximum Gasteiger partial charge on any atom is 0.0991 e. The van der Waals surface area contributed by atoms with E-state index in [1.165, 1.54) is 70.9 Å². The summed E-state index contributed by atoms with van der Waals surface area (Å²) < 4.78 is 2.29. The number of aromatic nitrogens is 1. The van der Waals surface area contributed by atoms with Crippen molar-refractivity contribution in [3.8, 4) is 56.3 Å². The van der Waals surface area contributed by atoms with Gasteiger partial charge < -0.3 is 4.57 Å². The van der Waals surface area contributed by atoms with E-state index in [0.717, 1.165) is 44.2 Å². The summed E-state index contributed by atoms with van der Waals surface area (Å²) in [4.78, 5) is 0. The van der Waals surface area contributed by atoms with Gasteiger partial charge in [-0.1, -0.05) is 158 Å². The third kappa shape index (κ3) is 5.71. The van der Waals surface area contributed by atoms with E-state index in [-0.39, 0.29) is 0 Å². The lowest BCUT2D eigenvalue weighted by Crippen LogP contribution is -1.93. The van der Waals surface area contributed by atoms with Gasteiger partial charge in [-0.2, -0.15) is 5.26 Å². The summed E-state index contributed by atoms with van der Waals surface area (Å²) in [6.45, 7) is 0. The van der Waals surface area contributed by atoms with Crippen LogP contribution in [0, 0.1) is 11.3 Å². The number of para-hydroxylation sites is 1. The average molecular weight is 773 g/mol. The van der Waals surface area contributed by atoms with Crippen LogP contribution in [0.4, 0.5) is 0 Å². The molecule has 0 saturated carbocycles. The second-order valence-electron chi connectivity index (χ2n) is 16.0. The molecule has 0 N–H and O–H groups in total. The van der Waals surface area contributed by atoms with Crippen molar-refractivity contribution in [2.24, 2.45) is 0 Å². The van der Waals surface area contributed by atoms with Crippen molar-refractivity contribution in [3.05, 3.63) is 224 Å². The summed E-state index contributed by atoms with van der Waals surface area (Å²) in [5, 5.41) is 21.9. The molecule has 0 spiro atoms. The van der Waals surface area contributed by atoms with E-state index in [2.05, 4.69) is 211 Å². The largest absolute Gasteiger partial charge is 0.309 e.